The first-order valence-electron chi connectivity index (χ1n) is 5.06. The lowest BCUT2D eigenvalue weighted by atomic mass is 10.3. The van der Waals surface area contributed by atoms with Gasteiger partial charge in [0.1, 0.15) is 12.7 Å². The maximum Gasteiger partial charge on any atom is 0.137 e. The summed E-state index contributed by atoms with van der Waals surface area (Å²) in [5, 5.41) is 7.38. The van der Waals surface area contributed by atoms with Gasteiger partial charge in [-0.3, -0.25) is 4.68 Å². The third-order valence-electron chi connectivity index (χ3n) is 2.13. The van der Waals surface area contributed by atoms with Gasteiger partial charge in [-0.25, -0.2) is 4.98 Å². The number of rotatable bonds is 5. The van der Waals surface area contributed by atoms with Crippen molar-refractivity contribution in [2.75, 3.05) is 11.9 Å². The third kappa shape index (κ3) is 3.09. The molecule has 0 atom stereocenters. The minimum atomic E-state index is 0.903. The number of benzene rings is 1. The van der Waals surface area contributed by atoms with Crippen molar-refractivity contribution >= 4 is 5.69 Å². The van der Waals surface area contributed by atoms with Crippen molar-refractivity contribution in [2.45, 2.75) is 13.0 Å². The van der Waals surface area contributed by atoms with Crippen LogP contribution in [0.1, 0.15) is 6.42 Å². The van der Waals surface area contributed by atoms with E-state index in [2.05, 4.69) is 27.5 Å². The molecule has 2 aromatic rings. The van der Waals surface area contributed by atoms with Crippen LogP contribution in [0.2, 0.25) is 0 Å². The van der Waals surface area contributed by atoms with E-state index < -0.39 is 0 Å². The summed E-state index contributed by atoms with van der Waals surface area (Å²) in [7, 11) is 0. The largest absolute Gasteiger partial charge is 0.385 e. The summed E-state index contributed by atoms with van der Waals surface area (Å²) >= 11 is 0. The summed E-state index contributed by atoms with van der Waals surface area (Å²) in [4.78, 5) is 3.89. The number of hydrogen-bond acceptors (Lipinski definition) is 3. The number of hydrogen-bond donors (Lipinski definition) is 1. The molecule has 15 heavy (non-hydrogen) atoms. The molecule has 0 aliphatic rings. The Morgan fingerprint density at radius 3 is 2.80 bits per heavy atom. The highest BCUT2D eigenvalue weighted by Gasteiger charge is 1.92. The normalized spacial score (nSPS) is 10.1. The van der Waals surface area contributed by atoms with E-state index in [0.29, 0.717) is 0 Å². The molecule has 1 aromatic carbocycles. The molecule has 4 nitrogen and oxygen atoms in total. The van der Waals surface area contributed by atoms with Crippen LogP contribution < -0.4 is 5.32 Å². The molecule has 0 radical (unpaired) electrons. The first kappa shape index (κ1) is 9.71. The van der Waals surface area contributed by atoms with Gasteiger partial charge in [-0.1, -0.05) is 18.2 Å². The van der Waals surface area contributed by atoms with Crippen molar-refractivity contribution in [1.29, 1.82) is 0 Å². The summed E-state index contributed by atoms with van der Waals surface area (Å²) in [6.45, 7) is 1.85. The number of aromatic nitrogens is 3. The molecule has 0 fully saturated rings. The molecule has 0 aliphatic heterocycles. The Hall–Kier alpha value is -1.84. The molecule has 78 valence electrons. The topological polar surface area (TPSA) is 42.7 Å². The lowest BCUT2D eigenvalue weighted by molar-refractivity contribution is 0.590. The van der Waals surface area contributed by atoms with E-state index in [4.69, 9.17) is 0 Å². The minimum absolute atomic E-state index is 0.903. The molecule has 0 unspecified atom stereocenters. The first-order valence-corrected chi connectivity index (χ1v) is 5.06. The monoisotopic (exact) mass is 202 g/mol. The molecule has 2 rings (SSSR count). The lowest BCUT2D eigenvalue weighted by Crippen LogP contribution is -2.06. The Bertz CT molecular complexity index is 369. The fraction of sp³-hybridized carbons (Fsp3) is 0.273. The molecule has 0 spiro atoms. The molecular weight excluding hydrogens is 188 g/mol. The van der Waals surface area contributed by atoms with E-state index in [-0.39, 0.29) is 0 Å². The Labute approximate surface area is 89.0 Å². The van der Waals surface area contributed by atoms with E-state index in [9.17, 15) is 0 Å². The minimum Gasteiger partial charge on any atom is -0.385 e. The number of nitrogens with one attached hydrogen (secondary N) is 1. The molecular formula is C11H14N4. The summed E-state index contributed by atoms with van der Waals surface area (Å²) in [5.74, 6) is 0. The van der Waals surface area contributed by atoms with Gasteiger partial charge in [0.2, 0.25) is 0 Å². The number of para-hydroxylation sites is 1. The van der Waals surface area contributed by atoms with E-state index >= 15 is 0 Å². The van der Waals surface area contributed by atoms with Crippen molar-refractivity contribution < 1.29 is 0 Å². The van der Waals surface area contributed by atoms with Gasteiger partial charge in [-0.15, -0.1) is 0 Å². The van der Waals surface area contributed by atoms with Crippen LogP contribution >= 0.6 is 0 Å². The molecule has 0 amide bonds. The van der Waals surface area contributed by atoms with Gasteiger partial charge in [0, 0.05) is 18.8 Å². The van der Waals surface area contributed by atoms with Crippen molar-refractivity contribution in [3.8, 4) is 0 Å². The van der Waals surface area contributed by atoms with Crippen LogP contribution in [0.3, 0.4) is 0 Å². The average Bonchev–Trinajstić information content (AvgIpc) is 2.79. The predicted octanol–water partition coefficient (Wildman–Crippen LogP) is 1.78. The van der Waals surface area contributed by atoms with Gasteiger partial charge < -0.3 is 5.32 Å². The molecule has 1 heterocycles. The Morgan fingerprint density at radius 1 is 1.20 bits per heavy atom. The van der Waals surface area contributed by atoms with Crippen molar-refractivity contribution in [1.82, 2.24) is 14.8 Å². The Morgan fingerprint density at radius 2 is 2.07 bits per heavy atom. The molecule has 4 heteroatoms. The zero-order chi connectivity index (χ0) is 10.3. The van der Waals surface area contributed by atoms with Crippen LogP contribution in [-0.4, -0.2) is 21.3 Å². The zero-order valence-corrected chi connectivity index (χ0v) is 8.50. The number of anilines is 1. The molecule has 1 N–H and O–H groups in total. The van der Waals surface area contributed by atoms with Crippen LogP contribution in [0, 0.1) is 0 Å². The van der Waals surface area contributed by atoms with Crippen molar-refractivity contribution in [3.63, 3.8) is 0 Å². The molecule has 0 saturated carbocycles. The third-order valence-corrected chi connectivity index (χ3v) is 2.13. The lowest BCUT2D eigenvalue weighted by Gasteiger charge is -2.05. The van der Waals surface area contributed by atoms with Crippen molar-refractivity contribution in [3.05, 3.63) is 43.0 Å². The molecule has 1 aromatic heterocycles. The van der Waals surface area contributed by atoms with Crippen LogP contribution in [-0.2, 0) is 6.54 Å². The van der Waals surface area contributed by atoms with E-state index in [0.717, 1.165) is 25.2 Å². The second-order valence-electron chi connectivity index (χ2n) is 3.30. The maximum atomic E-state index is 4.04. The predicted molar refractivity (Wildman–Crippen MR) is 59.6 cm³/mol. The average molecular weight is 202 g/mol. The highest BCUT2D eigenvalue weighted by molar-refractivity contribution is 5.42. The van der Waals surface area contributed by atoms with E-state index in [1.165, 1.54) is 0 Å². The summed E-state index contributed by atoms with van der Waals surface area (Å²) in [6.07, 6.45) is 4.34. The molecule has 0 saturated heterocycles. The summed E-state index contributed by atoms with van der Waals surface area (Å²) in [5.41, 5.74) is 1.16. The second kappa shape index (κ2) is 5.14. The quantitative estimate of drug-likeness (QED) is 0.751. The maximum absolute atomic E-state index is 4.04. The fourth-order valence-corrected chi connectivity index (χ4v) is 1.38. The van der Waals surface area contributed by atoms with Crippen molar-refractivity contribution in [2.24, 2.45) is 0 Å². The van der Waals surface area contributed by atoms with Gasteiger partial charge in [-0.2, -0.15) is 5.10 Å². The standard InChI is InChI=1S/C11H14N4/c1-2-5-11(6-3-1)13-7-4-8-15-10-12-9-14-15/h1-3,5-6,9-10,13H,4,7-8H2. The van der Waals surface area contributed by atoms with Crippen LogP contribution in [0.15, 0.2) is 43.0 Å². The highest BCUT2D eigenvalue weighted by Crippen LogP contribution is 2.04. The first-order chi connectivity index (χ1) is 7.45. The summed E-state index contributed by atoms with van der Waals surface area (Å²) in [6, 6.07) is 10.2. The second-order valence-corrected chi connectivity index (χ2v) is 3.30. The van der Waals surface area contributed by atoms with Gasteiger partial charge in [0.05, 0.1) is 0 Å². The van der Waals surface area contributed by atoms with Gasteiger partial charge in [0.25, 0.3) is 0 Å². The summed E-state index contributed by atoms with van der Waals surface area (Å²) < 4.78 is 1.84. The van der Waals surface area contributed by atoms with Gasteiger partial charge in [0.15, 0.2) is 0 Å². The fourth-order valence-electron chi connectivity index (χ4n) is 1.38. The Kier molecular flexibility index (Phi) is 3.33. The number of nitrogens with zero attached hydrogens (tertiary/aromatic N) is 3. The van der Waals surface area contributed by atoms with Gasteiger partial charge in [-0.05, 0) is 18.6 Å². The zero-order valence-electron chi connectivity index (χ0n) is 8.50. The van der Waals surface area contributed by atoms with Gasteiger partial charge >= 0.3 is 0 Å². The smallest absolute Gasteiger partial charge is 0.137 e. The van der Waals surface area contributed by atoms with E-state index in [1.54, 1.807) is 12.7 Å². The van der Waals surface area contributed by atoms with Crippen LogP contribution in [0.5, 0.6) is 0 Å². The van der Waals surface area contributed by atoms with Crippen LogP contribution in [0.4, 0.5) is 5.69 Å². The SMILES string of the molecule is c1ccc(NCCCn2cncn2)cc1. The highest BCUT2D eigenvalue weighted by atomic mass is 15.3. The van der Waals surface area contributed by atoms with Crippen LogP contribution in [0.25, 0.3) is 0 Å². The molecule has 0 aliphatic carbocycles. The molecule has 0 bridgehead atoms. The Balaban J connectivity index is 1.68. The number of aryl methyl sites for hydroxylation is 1. The van der Waals surface area contributed by atoms with E-state index in [1.807, 2.05) is 22.9 Å².